The second-order valence-electron chi connectivity index (χ2n) is 6.38. The summed E-state index contributed by atoms with van der Waals surface area (Å²) in [6.07, 6.45) is 3.24. The molecule has 0 radical (unpaired) electrons. The van der Waals surface area contributed by atoms with Crippen LogP contribution in [0.4, 0.5) is 0 Å². The maximum Gasteiger partial charge on any atom is 0.253 e. The minimum Gasteiger partial charge on any atom is -0.508 e. The average Bonchev–Trinajstić information content (AvgIpc) is 2.88. The normalized spacial score (nSPS) is 12.3. The van der Waals surface area contributed by atoms with Crippen LogP contribution in [0.2, 0.25) is 0 Å². The van der Waals surface area contributed by atoms with E-state index in [-0.39, 0.29) is 17.7 Å². The van der Waals surface area contributed by atoms with E-state index in [1.165, 1.54) is 0 Å². The first kappa shape index (κ1) is 17.0. The van der Waals surface area contributed by atoms with Crippen LogP contribution in [0.5, 0.6) is 5.75 Å². The maximum atomic E-state index is 12.5. The Morgan fingerprint density at radius 1 is 1.32 bits per heavy atom. The van der Waals surface area contributed by atoms with E-state index < -0.39 is 0 Å². The Bertz CT molecular complexity index is 900. The maximum absolute atomic E-state index is 12.5. The Morgan fingerprint density at radius 2 is 2.04 bits per heavy atom. The summed E-state index contributed by atoms with van der Waals surface area (Å²) in [6.45, 7) is 3.89. The number of benzene rings is 1. The van der Waals surface area contributed by atoms with Crippen molar-refractivity contribution in [1.29, 1.82) is 0 Å². The zero-order chi connectivity index (χ0) is 18.0. The number of rotatable bonds is 5. The van der Waals surface area contributed by atoms with Crippen LogP contribution in [-0.2, 0) is 13.5 Å². The fourth-order valence-electron chi connectivity index (χ4n) is 2.86. The number of nitrogens with zero attached hydrogens (tertiary/aromatic N) is 3. The van der Waals surface area contributed by atoms with Gasteiger partial charge in [-0.1, -0.05) is 12.1 Å². The summed E-state index contributed by atoms with van der Waals surface area (Å²) in [6, 6.07) is 9.02. The van der Waals surface area contributed by atoms with Crippen LogP contribution < -0.4 is 5.32 Å². The number of fused-ring (bicyclic) bond motifs is 1. The molecule has 130 valence electrons. The van der Waals surface area contributed by atoms with Gasteiger partial charge in [0.05, 0.1) is 11.3 Å². The zero-order valence-electron chi connectivity index (χ0n) is 14.7. The van der Waals surface area contributed by atoms with Crippen LogP contribution in [0.1, 0.15) is 35.0 Å². The van der Waals surface area contributed by atoms with E-state index in [1.807, 2.05) is 39.1 Å². The summed E-state index contributed by atoms with van der Waals surface area (Å²) in [7, 11) is 1.84. The molecule has 3 rings (SSSR count). The number of phenols is 1. The standard InChI is InChI=1S/C19H22N4O2/c1-12(4-5-14-6-8-16(24)9-7-14)21-19(25)15-10-17-13(2)22-23(3)18(17)20-11-15/h6-12,24H,4-5H2,1-3H3,(H,21,25)/t12-/m1/s1. The van der Waals surface area contributed by atoms with E-state index >= 15 is 0 Å². The Morgan fingerprint density at radius 3 is 2.76 bits per heavy atom. The number of pyridine rings is 1. The van der Waals surface area contributed by atoms with Crippen molar-refractivity contribution >= 4 is 16.9 Å². The highest BCUT2D eigenvalue weighted by molar-refractivity contribution is 5.97. The van der Waals surface area contributed by atoms with Gasteiger partial charge < -0.3 is 10.4 Å². The fourth-order valence-corrected chi connectivity index (χ4v) is 2.86. The quantitative estimate of drug-likeness (QED) is 0.749. The third-order valence-corrected chi connectivity index (χ3v) is 4.31. The van der Waals surface area contributed by atoms with Crippen molar-refractivity contribution in [3.63, 3.8) is 0 Å². The van der Waals surface area contributed by atoms with Gasteiger partial charge in [0.1, 0.15) is 5.75 Å². The van der Waals surface area contributed by atoms with Crippen molar-refractivity contribution in [3.05, 3.63) is 53.3 Å². The van der Waals surface area contributed by atoms with Gasteiger partial charge in [0.2, 0.25) is 0 Å². The minimum absolute atomic E-state index is 0.0343. The van der Waals surface area contributed by atoms with Crippen molar-refractivity contribution in [2.45, 2.75) is 32.7 Å². The van der Waals surface area contributed by atoms with Crippen molar-refractivity contribution in [2.75, 3.05) is 0 Å². The molecule has 1 amide bonds. The fraction of sp³-hybridized carbons (Fsp3) is 0.316. The van der Waals surface area contributed by atoms with E-state index in [2.05, 4.69) is 15.4 Å². The van der Waals surface area contributed by atoms with Crippen LogP contribution in [0.3, 0.4) is 0 Å². The monoisotopic (exact) mass is 338 g/mol. The van der Waals surface area contributed by atoms with Gasteiger partial charge >= 0.3 is 0 Å². The van der Waals surface area contributed by atoms with E-state index in [9.17, 15) is 9.90 Å². The van der Waals surface area contributed by atoms with Crippen LogP contribution in [0.15, 0.2) is 36.5 Å². The number of aryl methyl sites for hydroxylation is 3. The van der Waals surface area contributed by atoms with Crippen LogP contribution in [-0.4, -0.2) is 31.8 Å². The number of hydrogen-bond acceptors (Lipinski definition) is 4. The second kappa shape index (κ2) is 6.93. The van der Waals surface area contributed by atoms with Crippen molar-refractivity contribution in [1.82, 2.24) is 20.1 Å². The van der Waals surface area contributed by atoms with E-state index in [0.29, 0.717) is 5.56 Å². The molecule has 3 aromatic rings. The summed E-state index contributed by atoms with van der Waals surface area (Å²) in [4.78, 5) is 16.8. The number of hydrogen-bond donors (Lipinski definition) is 2. The molecule has 0 aliphatic carbocycles. The summed E-state index contributed by atoms with van der Waals surface area (Å²) < 4.78 is 1.71. The van der Waals surface area contributed by atoms with Gasteiger partial charge in [0, 0.05) is 24.7 Å². The SMILES string of the molecule is Cc1nn(C)c2ncc(C(=O)N[C@H](C)CCc3ccc(O)cc3)cc12. The van der Waals surface area contributed by atoms with Gasteiger partial charge in [-0.25, -0.2) is 4.98 Å². The molecule has 0 spiro atoms. The molecule has 25 heavy (non-hydrogen) atoms. The lowest BCUT2D eigenvalue weighted by Crippen LogP contribution is -2.33. The Kier molecular flexibility index (Phi) is 4.70. The summed E-state index contributed by atoms with van der Waals surface area (Å²) in [5.41, 5.74) is 3.31. The van der Waals surface area contributed by atoms with Gasteiger partial charge in [-0.3, -0.25) is 9.48 Å². The lowest BCUT2D eigenvalue weighted by atomic mass is 10.1. The summed E-state index contributed by atoms with van der Waals surface area (Å²) in [5.74, 6) is 0.134. The molecule has 0 saturated heterocycles. The number of aromatic hydroxyl groups is 1. The molecule has 1 aromatic carbocycles. The molecule has 2 N–H and O–H groups in total. The van der Waals surface area contributed by atoms with E-state index in [0.717, 1.165) is 35.1 Å². The predicted molar refractivity (Wildman–Crippen MR) is 96.6 cm³/mol. The molecule has 2 aromatic heterocycles. The molecule has 0 saturated carbocycles. The molecule has 6 heteroatoms. The Hall–Kier alpha value is -2.89. The lowest BCUT2D eigenvalue weighted by molar-refractivity contribution is 0.0938. The first-order valence-corrected chi connectivity index (χ1v) is 8.32. The molecular weight excluding hydrogens is 316 g/mol. The van der Waals surface area contributed by atoms with Crippen molar-refractivity contribution < 1.29 is 9.90 Å². The number of nitrogens with one attached hydrogen (secondary N) is 1. The molecule has 0 unspecified atom stereocenters. The number of carbonyl (C=O) groups is 1. The molecule has 0 bridgehead atoms. The first-order valence-electron chi connectivity index (χ1n) is 8.32. The average molecular weight is 338 g/mol. The molecule has 0 aliphatic rings. The van der Waals surface area contributed by atoms with Crippen LogP contribution in [0, 0.1) is 6.92 Å². The Labute approximate surface area is 146 Å². The van der Waals surface area contributed by atoms with Gasteiger partial charge in [0.25, 0.3) is 5.91 Å². The van der Waals surface area contributed by atoms with Gasteiger partial charge in [-0.15, -0.1) is 0 Å². The zero-order valence-corrected chi connectivity index (χ0v) is 14.7. The minimum atomic E-state index is -0.129. The predicted octanol–water partition coefficient (Wildman–Crippen LogP) is 2.73. The molecular formula is C19H22N4O2. The molecule has 1 atom stereocenters. The van der Waals surface area contributed by atoms with Crippen molar-refractivity contribution in [3.8, 4) is 5.75 Å². The van der Waals surface area contributed by atoms with Gasteiger partial charge in [-0.2, -0.15) is 5.10 Å². The van der Waals surface area contributed by atoms with Gasteiger partial charge in [-0.05, 0) is 50.5 Å². The molecule has 0 aliphatic heterocycles. The number of carbonyl (C=O) groups excluding carboxylic acids is 1. The smallest absolute Gasteiger partial charge is 0.253 e. The second-order valence-corrected chi connectivity index (χ2v) is 6.38. The van der Waals surface area contributed by atoms with E-state index in [1.54, 1.807) is 23.0 Å². The topological polar surface area (TPSA) is 80.0 Å². The number of phenolic OH excluding ortho intramolecular Hbond substituents is 1. The van der Waals surface area contributed by atoms with Crippen LogP contribution in [0.25, 0.3) is 11.0 Å². The first-order chi connectivity index (χ1) is 11.9. The van der Waals surface area contributed by atoms with Crippen LogP contribution >= 0.6 is 0 Å². The summed E-state index contributed by atoms with van der Waals surface area (Å²) >= 11 is 0. The highest BCUT2D eigenvalue weighted by Gasteiger charge is 2.13. The molecule has 0 fully saturated rings. The lowest BCUT2D eigenvalue weighted by Gasteiger charge is -2.14. The third-order valence-electron chi connectivity index (χ3n) is 4.31. The molecule has 6 nitrogen and oxygen atoms in total. The highest BCUT2D eigenvalue weighted by Crippen LogP contribution is 2.17. The molecule has 2 heterocycles. The Balaban J connectivity index is 1.63. The number of aromatic nitrogens is 3. The van der Waals surface area contributed by atoms with E-state index in [4.69, 9.17) is 0 Å². The third kappa shape index (κ3) is 3.79. The highest BCUT2D eigenvalue weighted by atomic mass is 16.3. The number of amides is 1. The largest absolute Gasteiger partial charge is 0.508 e. The van der Waals surface area contributed by atoms with Crippen molar-refractivity contribution in [2.24, 2.45) is 7.05 Å². The summed E-state index contributed by atoms with van der Waals surface area (Å²) in [5, 5.41) is 17.5. The van der Waals surface area contributed by atoms with Gasteiger partial charge in [0.15, 0.2) is 5.65 Å².